The first-order valence-corrected chi connectivity index (χ1v) is 7.43. The van der Waals surface area contributed by atoms with Gasteiger partial charge in [0, 0.05) is 38.5 Å². The number of nitrogens with one attached hydrogen (secondary N) is 1. The fraction of sp³-hybridized carbons (Fsp3) is 0.562. The molecule has 0 aromatic heterocycles. The number of ether oxygens (including phenoxy) is 1. The number of amides is 1. The molecule has 2 unspecified atom stereocenters. The first kappa shape index (κ1) is 13.4. The molecule has 3 rings (SSSR count). The van der Waals surface area contributed by atoms with Crippen LogP contribution in [0.5, 0.6) is 5.75 Å². The zero-order chi connectivity index (χ0) is 13.9. The molecular formula is C16H22N2O2. The number of rotatable bonds is 3. The topological polar surface area (TPSA) is 41.6 Å². The second kappa shape index (κ2) is 5.83. The summed E-state index contributed by atoms with van der Waals surface area (Å²) in [6.45, 7) is 2.59. The molecule has 1 aromatic rings. The Labute approximate surface area is 120 Å². The fourth-order valence-electron chi connectivity index (χ4n) is 3.12. The molecule has 4 nitrogen and oxygen atoms in total. The second-order valence-electron chi connectivity index (χ2n) is 5.79. The van der Waals surface area contributed by atoms with Crippen molar-refractivity contribution in [1.29, 1.82) is 0 Å². The zero-order valence-electron chi connectivity index (χ0n) is 12.0. The molecule has 2 atom stereocenters. The average Bonchev–Trinajstić information content (AvgIpc) is 2.48. The molecule has 4 heteroatoms. The molecule has 0 bridgehead atoms. The van der Waals surface area contributed by atoms with E-state index in [1.807, 2.05) is 18.0 Å². The number of nitrogens with zero attached hydrogens (tertiary/aromatic N) is 1. The molecule has 1 saturated heterocycles. The summed E-state index contributed by atoms with van der Waals surface area (Å²) in [7, 11) is 1.89. The summed E-state index contributed by atoms with van der Waals surface area (Å²) in [6, 6.07) is 8.74. The van der Waals surface area contributed by atoms with Crippen LogP contribution in [0.15, 0.2) is 24.3 Å². The summed E-state index contributed by atoms with van der Waals surface area (Å²) in [5.74, 6) is 1.81. The molecule has 2 aliphatic rings. The molecule has 2 aliphatic heterocycles. The fourth-order valence-corrected chi connectivity index (χ4v) is 3.12. The van der Waals surface area contributed by atoms with E-state index in [1.54, 1.807) is 0 Å². The zero-order valence-corrected chi connectivity index (χ0v) is 12.0. The normalized spacial score (nSPS) is 26.1. The van der Waals surface area contributed by atoms with E-state index < -0.39 is 0 Å². The summed E-state index contributed by atoms with van der Waals surface area (Å²) in [5.41, 5.74) is 1.31. The van der Waals surface area contributed by atoms with Gasteiger partial charge >= 0.3 is 0 Å². The highest BCUT2D eigenvalue weighted by Gasteiger charge is 2.25. The van der Waals surface area contributed by atoms with Crippen LogP contribution in [0, 0.1) is 0 Å². The number of fused-ring (bicyclic) bond motifs is 1. The molecule has 0 spiro atoms. The Bertz CT molecular complexity index is 489. The van der Waals surface area contributed by atoms with Gasteiger partial charge in [0.05, 0.1) is 6.61 Å². The van der Waals surface area contributed by atoms with Gasteiger partial charge in [-0.2, -0.15) is 0 Å². The maximum Gasteiger partial charge on any atom is 0.222 e. The molecule has 1 amide bonds. The third-order valence-electron chi connectivity index (χ3n) is 4.36. The molecule has 1 N–H and O–H groups in total. The molecule has 20 heavy (non-hydrogen) atoms. The summed E-state index contributed by atoms with van der Waals surface area (Å²) >= 11 is 0. The Hall–Kier alpha value is -1.55. The van der Waals surface area contributed by atoms with E-state index >= 15 is 0 Å². The molecule has 1 aromatic carbocycles. The van der Waals surface area contributed by atoms with Crippen molar-refractivity contribution in [3.05, 3.63) is 29.8 Å². The number of likely N-dealkylation sites (N-methyl/N-ethyl adjacent to an activating group) is 1. The summed E-state index contributed by atoms with van der Waals surface area (Å²) < 4.78 is 5.70. The third-order valence-corrected chi connectivity index (χ3v) is 4.36. The first-order valence-electron chi connectivity index (χ1n) is 7.43. The maximum absolute atomic E-state index is 11.5. The van der Waals surface area contributed by atoms with Crippen LogP contribution in [0.25, 0.3) is 0 Å². The van der Waals surface area contributed by atoms with Crippen LogP contribution in [-0.4, -0.2) is 43.6 Å². The van der Waals surface area contributed by atoms with Gasteiger partial charge in [-0.25, -0.2) is 0 Å². The monoisotopic (exact) mass is 274 g/mol. The number of benzene rings is 1. The SMILES string of the molecule is CN1CC(NCC2CCOc3ccccc32)CCC1=O. The van der Waals surface area contributed by atoms with E-state index in [1.165, 1.54) is 5.56 Å². The lowest BCUT2D eigenvalue weighted by atomic mass is 9.92. The minimum Gasteiger partial charge on any atom is -0.493 e. The van der Waals surface area contributed by atoms with Gasteiger partial charge in [-0.05, 0) is 24.5 Å². The Balaban J connectivity index is 1.58. The number of carbonyl (C=O) groups is 1. The van der Waals surface area contributed by atoms with E-state index in [9.17, 15) is 4.79 Å². The van der Waals surface area contributed by atoms with Crippen molar-refractivity contribution in [3.8, 4) is 5.75 Å². The average molecular weight is 274 g/mol. The van der Waals surface area contributed by atoms with E-state index in [2.05, 4.69) is 23.5 Å². The minimum absolute atomic E-state index is 0.263. The van der Waals surface area contributed by atoms with Gasteiger partial charge in [0.2, 0.25) is 5.91 Å². The summed E-state index contributed by atoms with van der Waals surface area (Å²) in [4.78, 5) is 13.3. The van der Waals surface area contributed by atoms with E-state index in [4.69, 9.17) is 4.74 Å². The van der Waals surface area contributed by atoms with Crippen LogP contribution in [0.4, 0.5) is 0 Å². The number of carbonyl (C=O) groups excluding carboxylic acids is 1. The van der Waals surface area contributed by atoms with Gasteiger partial charge in [-0.1, -0.05) is 18.2 Å². The summed E-state index contributed by atoms with van der Waals surface area (Å²) in [5, 5.41) is 3.63. The van der Waals surface area contributed by atoms with Crippen molar-refractivity contribution in [1.82, 2.24) is 10.2 Å². The van der Waals surface area contributed by atoms with Crippen LogP contribution in [0.1, 0.15) is 30.7 Å². The number of piperidine rings is 1. The van der Waals surface area contributed by atoms with Gasteiger partial charge in [0.15, 0.2) is 0 Å². The van der Waals surface area contributed by atoms with Crippen molar-refractivity contribution >= 4 is 5.91 Å². The van der Waals surface area contributed by atoms with Gasteiger partial charge in [0.1, 0.15) is 5.75 Å². The van der Waals surface area contributed by atoms with Crippen molar-refractivity contribution in [3.63, 3.8) is 0 Å². The lowest BCUT2D eigenvalue weighted by Gasteiger charge is -2.32. The van der Waals surface area contributed by atoms with Crippen molar-refractivity contribution < 1.29 is 9.53 Å². The number of hydrogen-bond donors (Lipinski definition) is 1. The third kappa shape index (κ3) is 2.80. The van der Waals surface area contributed by atoms with E-state index in [0.29, 0.717) is 18.4 Å². The Morgan fingerprint density at radius 3 is 3.05 bits per heavy atom. The molecule has 0 radical (unpaired) electrons. The molecular weight excluding hydrogens is 252 g/mol. The molecule has 108 valence electrons. The Morgan fingerprint density at radius 1 is 1.35 bits per heavy atom. The molecule has 1 fully saturated rings. The second-order valence-corrected chi connectivity index (χ2v) is 5.79. The van der Waals surface area contributed by atoms with Crippen LogP contribution >= 0.6 is 0 Å². The van der Waals surface area contributed by atoms with Crippen molar-refractivity contribution in [2.45, 2.75) is 31.2 Å². The number of likely N-dealkylation sites (tertiary alicyclic amines) is 1. The number of hydrogen-bond acceptors (Lipinski definition) is 3. The highest BCUT2D eigenvalue weighted by atomic mass is 16.5. The van der Waals surface area contributed by atoms with Crippen LogP contribution in [0.3, 0.4) is 0 Å². The van der Waals surface area contributed by atoms with E-state index in [0.717, 1.165) is 38.3 Å². The van der Waals surface area contributed by atoms with Gasteiger partial charge in [0.25, 0.3) is 0 Å². The van der Waals surface area contributed by atoms with Crippen LogP contribution in [0.2, 0.25) is 0 Å². The predicted octanol–water partition coefficient (Wildman–Crippen LogP) is 1.76. The van der Waals surface area contributed by atoms with Crippen LogP contribution in [-0.2, 0) is 4.79 Å². The summed E-state index contributed by atoms with van der Waals surface area (Å²) in [6.07, 6.45) is 2.68. The van der Waals surface area contributed by atoms with E-state index in [-0.39, 0.29) is 5.91 Å². The highest BCUT2D eigenvalue weighted by Crippen LogP contribution is 2.32. The maximum atomic E-state index is 11.5. The lowest BCUT2D eigenvalue weighted by Crippen LogP contribution is -2.47. The largest absolute Gasteiger partial charge is 0.493 e. The lowest BCUT2D eigenvalue weighted by molar-refractivity contribution is -0.132. The van der Waals surface area contributed by atoms with Gasteiger partial charge in [-0.3, -0.25) is 4.79 Å². The predicted molar refractivity (Wildman–Crippen MR) is 78.0 cm³/mol. The highest BCUT2D eigenvalue weighted by molar-refractivity contribution is 5.76. The molecule has 0 saturated carbocycles. The Kier molecular flexibility index (Phi) is 3.92. The standard InChI is InChI=1S/C16H22N2O2/c1-18-11-13(6-7-16(18)19)17-10-12-8-9-20-15-5-3-2-4-14(12)15/h2-5,12-13,17H,6-11H2,1H3. The van der Waals surface area contributed by atoms with Gasteiger partial charge < -0.3 is 15.0 Å². The number of para-hydroxylation sites is 1. The quantitative estimate of drug-likeness (QED) is 0.913. The Morgan fingerprint density at radius 2 is 2.20 bits per heavy atom. The smallest absolute Gasteiger partial charge is 0.222 e. The minimum atomic E-state index is 0.263. The van der Waals surface area contributed by atoms with Crippen molar-refractivity contribution in [2.24, 2.45) is 0 Å². The van der Waals surface area contributed by atoms with Crippen molar-refractivity contribution in [2.75, 3.05) is 26.7 Å². The molecule has 0 aliphatic carbocycles. The first-order chi connectivity index (χ1) is 9.74. The van der Waals surface area contributed by atoms with Crippen LogP contribution < -0.4 is 10.1 Å². The van der Waals surface area contributed by atoms with Gasteiger partial charge in [-0.15, -0.1) is 0 Å². The molecule has 2 heterocycles.